The van der Waals surface area contributed by atoms with Gasteiger partial charge in [-0.1, -0.05) is 18.8 Å². The highest BCUT2D eigenvalue weighted by Crippen LogP contribution is 2.29. The Morgan fingerprint density at radius 2 is 1.94 bits per heavy atom. The number of fused-ring (bicyclic) bond motifs is 1. The Morgan fingerprint density at radius 1 is 1.13 bits per heavy atom. The van der Waals surface area contributed by atoms with Crippen molar-refractivity contribution >= 4 is 46.5 Å². The molecule has 0 bridgehead atoms. The molecule has 47 heavy (non-hydrogen) atoms. The van der Waals surface area contributed by atoms with E-state index in [4.69, 9.17) is 14.2 Å². The molecule has 1 aliphatic heterocycles. The van der Waals surface area contributed by atoms with Crippen LogP contribution in [0.1, 0.15) is 72.3 Å². The first-order valence-electron chi connectivity index (χ1n) is 15.9. The lowest BCUT2D eigenvalue weighted by Gasteiger charge is -2.28. The van der Waals surface area contributed by atoms with Gasteiger partial charge >= 0.3 is 12.2 Å². The number of hydrogen-bond donors (Lipinski definition) is 3. The molecule has 1 aliphatic rings. The van der Waals surface area contributed by atoms with Crippen LogP contribution in [0.3, 0.4) is 0 Å². The Balaban J connectivity index is 1.36. The van der Waals surface area contributed by atoms with E-state index in [-0.39, 0.29) is 18.4 Å². The summed E-state index contributed by atoms with van der Waals surface area (Å²) in [5.41, 5.74) is 1.26. The molecule has 14 nitrogen and oxygen atoms in total. The predicted molar refractivity (Wildman–Crippen MR) is 178 cm³/mol. The third-order valence-electron chi connectivity index (χ3n) is 7.05. The monoisotopic (exact) mass is 648 g/mol. The third kappa shape index (κ3) is 9.25. The number of carbonyl (C=O) groups is 3. The summed E-state index contributed by atoms with van der Waals surface area (Å²) in [7, 11) is 1.49. The number of ether oxygens (including phenoxy) is 3. The molecule has 1 atom stereocenters. The molecule has 4 rings (SSSR count). The van der Waals surface area contributed by atoms with Crippen molar-refractivity contribution in [1.29, 1.82) is 0 Å². The van der Waals surface area contributed by atoms with Gasteiger partial charge in [0.1, 0.15) is 17.5 Å². The predicted octanol–water partition coefficient (Wildman–Crippen LogP) is 5.05. The Kier molecular flexibility index (Phi) is 11.8. The van der Waals surface area contributed by atoms with Gasteiger partial charge in [-0.15, -0.1) is 5.10 Å². The lowest BCUT2D eigenvalue weighted by molar-refractivity contribution is -0.125. The topological polar surface area (TPSA) is 162 Å². The second-order valence-electron chi connectivity index (χ2n) is 11.9. The van der Waals surface area contributed by atoms with Gasteiger partial charge in [-0.3, -0.25) is 9.69 Å². The Labute approximate surface area is 274 Å². The van der Waals surface area contributed by atoms with Crippen molar-refractivity contribution < 1.29 is 28.6 Å². The largest absolute Gasteiger partial charge is 0.479 e. The minimum atomic E-state index is -0.615. The zero-order valence-electron chi connectivity index (χ0n) is 27.9. The number of unbranched alkanes of at least 4 members (excludes halogenated alkanes) is 1. The van der Waals surface area contributed by atoms with Gasteiger partial charge in [0.05, 0.1) is 36.4 Å². The van der Waals surface area contributed by atoms with Gasteiger partial charge in [0.15, 0.2) is 0 Å². The van der Waals surface area contributed by atoms with E-state index in [1.54, 1.807) is 31.3 Å². The first kappa shape index (κ1) is 34.8. The van der Waals surface area contributed by atoms with Gasteiger partial charge in [-0.2, -0.15) is 9.67 Å². The quantitative estimate of drug-likeness (QED) is 0.188. The molecule has 2 amide bonds. The van der Waals surface area contributed by atoms with Crippen molar-refractivity contribution in [2.75, 3.05) is 44.0 Å². The highest BCUT2D eigenvalue weighted by molar-refractivity contribution is 5.93. The van der Waals surface area contributed by atoms with Crippen molar-refractivity contribution in [3.8, 4) is 17.7 Å². The highest BCUT2D eigenvalue weighted by Gasteiger charge is 2.36. The van der Waals surface area contributed by atoms with Crippen LogP contribution in [0.15, 0.2) is 24.4 Å². The summed E-state index contributed by atoms with van der Waals surface area (Å²) in [6.07, 6.45) is 4.09. The molecule has 1 fully saturated rings. The molecule has 1 aromatic carbocycles. The van der Waals surface area contributed by atoms with Gasteiger partial charge in [0.25, 0.3) is 0 Å². The molecular weight excluding hydrogens is 604 g/mol. The smallest absolute Gasteiger partial charge is 0.435 e. The lowest BCUT2D eigenvalue weighted by atomic mass is 10.2. The first-order valence-corrected chi connectivity index (χ1v) is 15.9. The average Bonchev–Trinajstić information content (AvgIpc) is 3.67. The Morgan fingerprint density at radius 3 is 2.66 bits per heavy atom. The summed E-state index contributed by atoms with van der Waals surface area (Å²) in [6, 6.07) is 4.82. The average molecular weight is 649 g/mol. The minimum absolute atomic E-state index is 0.172. The number of carbonyl (C=O) groups excluding carboxylic acids is 3. The van der Waals surface area contributed by atoms with Crippen LogP contribution in [0.4, 0.5) is 27.0 Å². The normalized spacial score (nSPS) is 14.3. The molecule has 2 aromatic heterocycles. The highest BCUT2D eigenvalue weighted by atomic mass is 16.6. The maximum atomic E-state index is 12.8. The molecule has 3 N–H and O–H groups in total. The van der Waals surface area contributed by atoms with Gasteiger partial charge in [0.2, 0.25) is 17.7 Å². The third-order valence-corrected chi connectivity index (χ3v) is 7.05. The SMILES string of the molecule is CCCNc1nc(Nc2ccc3c(c2)c(OC)nn3C(=O)OCC)ncc1C#CCCCNC(=O)[C@@H]1CCCN1C(=O)OC(C)(C)C. The van der Waals surface area contributed by atoms with E-state index in [0.717, 1.165) is 12.8 Å². The summed E-state index contributed by atoms with van der Waals surface area (Å²) in [5, 5.41) is 14.3. The number of nitrogens with zero attached hydrogens (tertiary/aromatic N) is 5. The van der Waals surface area contributed by atoms with Crippen molar-refractivity contribution in [1.82, 2.24) is 30.0 Å². The molecular formula is C33H44N8O6. The number of amides is 2. The van der Waals surface area contributed by atoms with Gasteiger partial charge in [-0.25, -0.2) is 14.6 Å². The molecule has 0 saturated carbocycles. The van der Waals surface area contributed by atoms with Crippen LogP contribution in [0, 0.1) is 11.8 Å². The minimum Gasteiger partial charge on any atom is -0.479 e. The fraction of sp³-hybridized carbons (Fsp3) is 0.515. The molecule has 14 heteroatoms. The van der Waals surface area contributed by atoms with Gasteiger partial charge in [-0.05, 0) is 71.6 Å². The van der Waals surface area contributed by atoms with Crippen LogP contribution in [0.25, 0.3) is 10.9 Å². The van der Waals surface area contributed by atoms with Crippen LogP contribution < -0.4 is 20.7 Å². The number of hydrogen-bond acceptors (Lipinski definition) is 11. The van der Waals surface area contributed by atoms with E-state index in [9.17, 15) is 14.4 Å². The van der Waals surface area contributed by atoms with E-state index in [1.165, 1.54) is 16.7 Å². The van der Waals surface area contributed by atoms with E-state index < -0.39 is 23.8 Å². The van der Waals surface area contributed by atoms with Crippen molar-refractivity contribution in [2.24, 2.45) is 0 Å². The Bertz CT molecular complexity index is 1640. The zero-order valence-corrected chi connectivity index (χ0v) is 27.9. The van der Waals surface area contributed by atoms with E-state index in [2.05, 4.69) is 49.8 Å². The summed E-state index contributed by atoms with van der Waals surface area (Å²) in [6.45, 7) is 11.1. The number of benzene rings is 1. The maximum Gasteiger partial charge on any atom is 0.435 e. The van der Waals surface area contributed by atoms with Crippen molar-refractivity contribution in [3.05, 3.63) is 30.0 Å². The van der Waals surface area contributed by atoms with Crippen LogP contribution in [0.5, 0.6) is 5.88 Å². The number of aromatic nitrogens is 4. The van der Waals surface area contributed by atoms with Gasteiger partial charge < -0.3 is 30.2 Å². The number of rotatable bonds is 11. The van der Waals surface area contributed by atoms with Crippen molar-refractivity contribution in [3.63, 3.8) is 0 Å². The van der Waals surface area contributed by atoms with Crippen molar-refractivity contribution in [2.45, 2.75) is 78.4 Å². The summed E-state index contributed by atoms with van der Waals surface area (Å²) < 4.78 is 17.1. The van der Waals surface area contributed by atoms with E-state index in [0.29, 0.717) is 72.8 Å². The zero-order chi connectivity index (χ0) is 34.0. The molecule has 0 aliphatic carbocycles. The fourth-order valence-electron chi connectivity index (χ4n) is 4.93. The number of anilines is 3. The summed E-state index contributed by atoms with van der Waals surface area (Å²) >= 11 is 0. The first-order chi connectivity index (χ1) is 22.5. The number of likely N-dealkylation sites (tertiary alicyclic amines) is 1. The fourth-order valence-corrected chi connectivity index (χ4v) is 4.93. The number of methoxy groups -OCH3 is 1. The number of nitrogens with one attached hydrogen (secondary N) is 3. The standard InChI is InChI=1S/C33H44N8O6/c1-7-17-34-27-22(13-10-9-11-18-35-28(42)26-14-12-19-40(26)31(43)47-33(3,4)5)21-36-30(38-27)37-23-15-16-25-24(20-23)29(45-6)39-41(25)32(44)46-8-2/h15-16,20-21,26H,7-9,11-12,14,17-19H2,1-6H3,(H,35,42)(H2,34,36,37,38)/t26-/m0/s1. The van der Waals surface area contributed by atoms with Crippen LogP contribution in [-0.2, 0) is 14.3 Å². The molecule has 1 saturated heterocycles. The van der Waals surface area contributed by atoms with Crippen LogP contribution in [0.2, 0.25) is 0 Å². The summed E-state index contributed by atoms with van der Waals surface area (Å²) in [5.74, 6) is 7.37. The lowest BCUT2D eigenvalue weighted by Crippen LogP contribution is -2.47. The van der Waals surface area contributed by atoms with E-state index >= 15 is 0 Å². The van der Waals surface area contributed by atoms with Gasteiger partial charge in [0, 0.05) is 31.7 Å². The maximum absolute atomic E-state index is 12.8. The molecule has 0 spiro atoms. The van der Waals surface area contributed by atoms with Crippen LogP contribution in [-0.4, -0.2) is 87.7 Å². The molecule has 0 radical (unpaired) electrons. The molecule has 0 unspecified atom stereocenters. The molecule has 3 aromatic rings. The summed E-state index contributed by atoms with van der Waals surface area (Å²) in [4.78, 5) is 48.2. The molecule has 252 valence electrons. The Hall–Kier alpha value is -5.06. The van der Waals surface area contributed by atoms with E-state index in [1.807, 2.05) is 20.8 Å². The molecule has 3 heterocycles. The second-order valence-corrected chi connectivity index (χ2v) is 11.9. The second kappa shape index (κ2) is 16.0. The van der Waals surface area contributed by atoms with Crippen LogP contribution >= 0.6 is 0 Å².